The fourth-order valence-electron chi connectivity index (χ4n) is 0.951. The van der Waals surface area contributed by atoms with Gasteiger partial charge in [0.15, 0.2) is 0 Å². The Morgan fingerprint density at radius 3 is 2.38 bits per heavy atom. The van der Waals surface area contributed by atoms with Crippen LogP contribution in [0.3, 0.4) is 0 Å². The number of hydrogen-bond donors (Lipinski definition) is 1. The zero-order valence-corrected chi connectivity index (χ0v) is 8.02. The second kappa shape index (κ2) is 5.75. The van der Waals surface area contributed by atoms with Crippen molar-refractivity contribution >= 4 is 5.97 Å². The Morgan fingerprint density at radius 2 is 1.92 bits per heavy atom. The Kier molecular flexibility index (Phi) is 5.39. The molecule has 1 radical (unpaired) electrons. The largest absolute Gasteiger partial charge is 3.00 e. The minimum atomic E-state index is -1.21. The van der Waals surface area contributed by atoms with Gasteiger partial charge >= 0.3 is 17.1 Å². The van der Waals surface area contributed by atoms with Crippen molar-refractivity contribution in [2.24, 2.45) is 5.73 Å². The summed E-state index contributed by atoms with van der Waals surface area (Å²) in [5, 5.41) is 10.3. The van der Waals surface area contributed by atoms with Gasteiger partial charge in [-0.25, -0.2) is 0 Å². The van der Waals surface area contributed by atoms with Crippen LogP contribution in [0.5, 0.6) is 0 Å². The Morgan fingerprint density at radius 1 is 1.38 bits per heavy atom. The second-order valence-electron chi connectivity index (χ2n) is 2.62. The zero-order valence-electron chi connectivity index (χ0n) is 6.92. The molecule has 0 saturated carbocycles. The maximum atomic E-state index is 10.3. The number of carbonyl (C=O) groups is 1. The van der Waals surface area contributed by atoms with E-state index >= 15 is 0 Å². The van der Waals surface area contributed by atoms with E-state index in [1.165, 1.54) is 0 Å². The first-order valence-corrected chi connectivity index (χ1v) is 3.70. The summed E-state index contributed by atoms with van der Waals surface area (Å²) in [6.07, 6.45) is 0.323. The zero-order chi connectivity index (χ0) is 8.97. The van der Waals surface area contributed by atoms with Crippen molar-refractivity contribution in [3.8, 4) is 0 Å². The van der Waals surface area contributed by atoms with E-state index in [0.29, 0.717) is 6.42 Å². The Labute approximate surface area is 87.4 Å². The first kappa shape index (κ1) is 12.2. The van der Waals surface area contributed by atoms with Gasteiger partial charge in [0.05, 0.1) is 5.97 Å². The second-order valence-corrected chi connectivity index (χ2v) is 2.62. The molecule has 0 heterocycles. The van der Waals surface area contributed by atoms with Crippen molar-refractivity contribution in [2.75, 3.05) is 0 Å². The summed E-state index contributed by atoms with van der Waals surface area (Å²) in [5.41, 5.74) is 6.20. The number of carbonyl (C=O) groups excluding carboxylic acids is 1. The van der Waals surface area contributed by atoms with Crippen LogP contribution in [0.2, 0.25) is 0 Å². The van der Waals surface area contributed by atoms with Gasteiger partial charge in [-0.15, -0.1) is 0 Å². The molecule has 0 aliphatic carbocycles. The smallest absolute Gasteiger partial charge is 0.548 e. The molecule has 69 valence electrons. The van der Waals surface area contributed by atoms with Gasteiger partial charge in [-0.3, -0.25) is 0 Å². The molecule has 0 fully saturated rings. The number of rotatable bonds is 3. The predicted molar refractivity (Wildman–Crippen MR) is 43.1 cm³/mol. The van der Waals surface area contributed by atoms with Crippen LogP contribution in [0.4, 0.5) is 0 Å². The van der Waals surface area contributed by atoms with Crippen LogP contribution < -0.4 is 10.8 Å². The van der Waals surface area contributed by atoms with Crippen molar-refractivity contribution in [1.29, 1.82) is 0 Å². The number of nitrogens with two attached hydrogens (primary N) is 1. The maximum absolute atomic E-state index is 10.3. The molecule has 1 atom stereocenters. The van der Waals surface area contributed by atoms with E-state index in [-0.39, 0.29) is 17.1 Å². The van der Waals surface area contributed by atoms with Gasteiger partial charge in [-0.2, -0.15) is 0 Å². The third-order valence-electron chi connectivity index (χ3n) is 1.60. The van der Waals surface area contributed by atoms with Gasteiger partial charge in [0, 0.05) is 6.04 Å². The molecule has 0 unspecified atom stereocenters. The minimum absolute atomic E-state index is 0. The summed E-state index contributed by atoms with van der Waals surface area (Å²) in [4.78, 5) is 10.3. The quantitative estimate of drug-likeness (QED) is 0.685. The van der Waals surface area contributed by atoms with Crippen molar-refractivity contribution in [3.63, 3.8) is 0 Å². The van der Waals surface area contributed by atoms with Gasteiger partial charge in [0.1, 0.15) is 0 Å². The first-order chi connectivity index (χ1) is 5.70. The summed E-state index contributed by atoms with van der Waals surface area (Å²) in [6, 6.07) is 8.32. The maximum Gasteiger partial charge on any atom is 3.00 e. The van der Waals surface area contributed by atoms with E-state index in [1.54, 1.807) is 0 Å². The average Bonchev–Trinajstić information content (AvgIpc) is 2.06. The molecule has 1 aromatic carbocycles. The Balaban J connectivity index is 0.00000144. The van der Waals surface area contributed by atoms with E-state index in [9.17, 15) is 9.90 Å². The molecule has 2 N–H and O–H groups in total. The SMILES string of the molecule is N[C@@H](Cc1ccccc1)C(=O)[O-].[Fe+3]. The molecular formula is C9H10FeNO2+2. The fourth-order valence-corrected chi connectivity index (χ4v) is 0.951. The number of aliphatic carboxylic acids is 1. The Bertz CT molecular complexity index is 264. The molecule has 0 amide bonds. The molecule has 0 spiro atoms. The number of hydrogen-bond acceptors (Lipinski definition) is 3. The van der Waals surface area contributed by atoms with E-state index in [4.69, 9.17) is 5.73 Å². The normalized spacial score (nSPS) is 11.5. The van der Waals surface area contributed by atoms with E-state index < -0.39 is 12.0 Å². The third-order valence-corrected chi connectivity index (χ3v) is 1.60. The number of carboxylic acids is 1. The van der Waals surface area contributed by atoms with Gasteiger partial charge in [0.2, 0.25) is 0 Å². The van der Waals surface area contributed by atoms with Crippen LogP contribution in [0.25, 0.3) is 0 Å². The Hall–Kier alpha value is -0.831. The number of carboxylic acid groups (broad SMARTS) is 1. The molecule has 0 bridgehead atoms. The molecule has 13 heavy (non-hydrogen) atoms. The monoisotopic (exact) mass is 220 g/mol. The van der Waals surface area contributed by atoms with Gasteiger partial charge in [-0.1, -0.05) is 30.3 Å². The molecule has 4 heteroatoms. The molecule has 0 aliphatic heterocycles. The van der Waals surface area contributed by atoms with Crippen molar-refractivity contribution < 1.29 is 27.0 Å². The van der Waals surface area contributed by atoms with Gasteiger partial charge < -0.3 is 15.6 Å². The van der Waals surface area contributed by atoms with E-state index in [0.717, 1.165) is 5.56 Å². The van der Waals surface area contributed by atoms with Crippen LogP contribution in [-0.2, 0) is 28.3 Å². The van der Waals surface area contributed by atoms with Crippen LogP contribution in [0, 0.1) is 0 Å². The summed E-state index contributed by atoms with van der Waals surface area (Å²) >= 11 is 0. The van der Waals surface area contributed by atoms with E-state index in [1.807, 2.05) is 30.3 Å². The van der Waals surface area contributed by atoms with Crippen LogP contribution >= 0.6 is 0 Å². The van der Waals surface area contributed by atoms with Crippen molar-refractivity contribution in [2.45, 2.75) is 12.5 Å². The summed E-state index contributed by atoms with van der Waals surface area (Å²) in [5.74, 6) is -1.21. The molecule has 1 rings (SSSR count). The van der Waals surface area contributed by atoms with Crippen LogP contribution in [-0.4, -0.2) is 12.0 Å². The summed E-state index contributed by atoms with van der Waals surface area (Å²) < 4.78 is 0. The van der Waals surface area contributed by atoms with Gasteiger partial charge in [0.25, 0.3) is 0 Å². The topological polar surface area (TPSA) is 66.2 Å². The van der Waals surface area contributed by atoms with Crippen molar-refractivity contribution in [3.05, 3.63) is 35.9 Å². The third kappa shape index (κ3) is 4.08. The minimum Gasteiger partial charge on any atom is -0.548 e. The molecule has 1 aromatic rings. The molecule has 0 saturated heterocycles. The average molecular weight is 220 g/mol. The molecule has 0 aliphatic rings. The summed E-state index contributed by atoms with van der Waals surface area (Å²) in [6.45, 7) is 0. The summed E-state index contributed by atoms with van der Waals surface area (Å²) in [7, 11) is 0. The molecule has 3 nitrogen and oxygen atoms in total. The fraction of sp³-hybridized carbons (Fsp3) is 0.222. The number of benzene rings is 1. The standard InChI is InChI=1S/C9H11NO2.Fe/c10-8(9(11)12)6-7-4-2-1-3-5-7;/h1-5,8H,6,10H2,(H,11,12);/q;+3/p-1/t8-;/m0./s1. The van der Waals surface area contributed by atoms with Crippen LogP contribution in [0.15, 0.2) is 30.3 Å². The van der Waals surface area contributed by atoms with E-state index in [2.05, 4.69) is 0 Å². The molecular weight excluding hydrogens is 210 g/mol. The van der Waals surface area contributed by atoms with Crippen molar-refractivity contribution in [1.82, 2.24) is 0 Å². The molecule has 0 aromatic heterocycles. The van der Waals surface area contributed by atoms with Crippen LogP contribution in [0.1, 0.15) is 5.56 Å². The van der Waals surface area contributed by atoms with Gasteiger partial charge in [-0.05, 0) is 12.0 Å². The predicted octanol–water partition coefficient (Wildman–Crippen LogP) is -0.696. The first-order valence-electron chi connectivity index (χ1n) is 3.70.